The number of rotatable bonds is 1. The van der Waals surface area contributed by atoms with Gasteiger partial charge in [0, 0.05) is 15.6 Å². The van der Waals surface area contributed by atoms with E-state index in [9.17, 15) is 4.79 Å². The molecule has 0 atom stereocenters. The van der Waals surface area contributed by atoms with Crippen molar-refractivity contribution in [3.63, 3.8) is 0 Å². The second kappa shape index (κ2) is 5.59. The van der Waals surface area contributed by atoms with Crippen molar-refractivity contribution < 1.29 is 4.42 Å². The summed E-state index contributed by atoms with van der Waals surface area (Å²) in [5, 5.41) is 4.94. The van der Waals surface area contributed by atoms with E-state index >= 15 is 0 Å². The number of benzene rings is 1. The monoisotopic (exact) mass is 432 g/mol. The molecule has 1 aromatic heterocycles. The van der Waals surface area contributed by atoms with Crippen molar-refractivity contribution in [1.82, 2.24) is 5.43 Å². The Balaban J connectivity index is 2.20. The fourth-order valence-electron chi connectivity index (χ4n) is 1.81. The third-order valence-electron chi connectivity index (χ3n) is 2.68. The molecule has 1 N–H and O–H groups in total. The van der Waals surface area contributed by atoms with E-state index in [1.54, 1.807) is 6.07 Å². The summed E-state index contributed by atoms with van der Waals surface area (Å²) in [5.41, 5.74) is 3.91. The van der Waals surface area contributed by atoms with Crippen LogP contribution in [0.25, 0.3) is 11.0 Å². The lowest BCUT2D eigenvalue weighted by Crippen LogP contribution is -2.27. The highest BCUT2D eigenvalue weighted by Gasteiger charge is 2.17. The van der Waals surface area contributed by atoms with E-state index in [0.29, 0.717) is 26.9 Å². The Morgan fingerprint density at radius 3 is 2.85 bits per heavy atom. The van der Waals surface area contributed by atoms with Gasteiger partial charge in [-0.1, -0.05) is 39.9 Å². The van der Waals surface area contributed by atoms with Crippen molar-refractivity contribution >= 4 is 76.8 Å². The summed E-state index contributed by atoms with van der Waals surface area (Å²) < 4.78 is 7.61. The van der Waals surface area contributed by atoms with Gasteiger partial charge >= 0.3 is 5.63 Å². The Bertz CT molecular complexity index is 817. The predicted octanol–water partition coefficient (Wildman–Crippen LogP) is 3.64. The number of hydrogen-bond acceptors (Lipinski definition) is 5. The van der Waals surface area contributed by atoms with Gasteiger partial charge in [-0.2, -0.15) is 5.10 Å². The van der Waals surface area contributed by atoms with Crippen LogP contribution in [-0.2, 0) is 0 Å². The topological polar surface area (TPSA) is 54.6 Å². The van der Waals surface area contributed by atoms with Gasteiger partial charge in [0.15, 0.2) is 9.90 Å². The molecule has 3 rings (SSSR count). The second-order valence-electron chi connectivity index (χ2n) is 4.00. The van der Waals surface area contributed by atoms with Crippen LogP contribution in [0.1, 0.15) is 5.56 Å². The highest BCUT2D eigenvalue weighted by molar-refractivity contribution is 9.11. The minimum atomic E-state index is -0.408. The third-order valence-corrected chi connectivity index (χ3v) is 4.95. The van der Waals surface area contributed by atoms with Gasteiger partial charge in [-0.3, -0.25) is 5.43 Å². The number of thioether (sulfide) groups is 1. The molecule has 20 heavy (non-hydrogen) atoms. The molecule has 1 aliphatic rings. The van der Waals surface area contributed by atoms with Crippen LogP contribution in [0.5, 0.6) is 0 Å². The fourth-order valence-corrected chi connectivity index (χ4v) is 3.97. The van der Waals surface area contributed by atoms with Crippen LogP contribution in [-0.4, -0.2) is 15.8 Å². The Labute approximate surface area is 140 Å². The maximum Gasteiger partial charge on any atom is 0.345 e. The van der Waals surface area contributed by atoms with Gasteiger partial charge in [-0.25, -0.2) is 4.79 Å². The molecule has 0 unspecified atom stereocenters. The number of nitrogens with one attached hydrogen (secondary N) is 1. The Morgan fingerprint density at radius 2 is 2.15 bits per heavy atom. The summed E-state index contributed by atoms with van der Waals surface area (Å²) in [6.07, 6.45) is 0. The summed E-state index contributed by atoms with van der Waals surface area (Å²) in [6.45, 7) is 0. The Morgan fingerprint density at radius 1 is 1.35 bits per heavy atom. The van der Waals surface area contributed by atoms with Gasteiger partial charge < -0.3 is 4.42 Å². The maximum atomic E-state index is 12.1. The van der Waals surface area contributed by atoms with Crippen molar-refractivity contribution in [3.8, 4) is 0 Å². The summed E-state index contributed by atoms with van der Waals surface area (Å²) in [6, 6.07) is 5.51. The van der Waals surface area contributed by atoms with E-state index < -0.39 is 5.63 Å². The molecule has 2 aromatic rings. The zero-order valence-corrected chi connectivity index (χ0v) is 14.6. The van der Waals surface area contributed by atoms with Crippen molar-refractivity contribution in [3.05, 3.63) is 43.1 Å². The molecule has 1 aliphatic heterocycles. The normalized spacial score (nSPS) is 15.1. The molecule has 8 heteroatoms. The first-order chi connectivity index (χ1) is 9.54. The van der Waals surface area contributed by atoms with Gasteiger partial charge in [-0.05, 0) is 34.1 Å². The molecule has 0 amide bonds. The number of thiocarbonyl (C=S) groups is 1. The molecule has 0 radical (unpaired) electrons. The van der Waals surface area contributed by atoms with Gasteiger partial charge in [0.2, 0.25) is 0 Å². The van der Waals surface area contributed by atoms with E-state index in [0.717, 1.165) is 14.3 Å². The molecule has 0 saturated heterocycles. The predicted molar refractivity (Wildman–Crippen MR) is 92.6 cm³/mol. The van der Waals surface area contributed by atoms with Gasteiger partial charge in [-0.15, -0.1) is 0 Å². The number of fused-ring (bicyclic) bond motifs is 1. The van der Waals surface area contributed by atoms with E-state index in [2.05, 4.69) is 42.4 Å². The Kier molecular flexibility index (Phi) is 3.98. The van der Waals surface area contributed by atoms with Crippen LogP contribution >= 0.6 is 55.8 Å². The van der Waals surface area contributed by atoms with Crippen LogP contribution in [0.4, 0.5) is 0 Å². The summed E-state index contributed by atoms with van der Waals surface area (Å²) in [4.78, 5) is 12.1. The molecule has 0 saturated carbocycles. The van der Waals surface area contributed by atoms with Gasteiger partial charge in [0.1, 0.15) is 0 Å². The first-order valence-corrected chi connectivity index (χ1v) is 8.45. The summed E-state index contributed by atoms with van der Waals surface area (Å²) in [7, 11) is 0. The average Bonchev–Trinajstić information content (AvgIpc) is 2.40. The third kappa shape index (κ3) is 2.69. The largest absolute Gasteiger partial charge is 0.421 e. The van der Waals surface area contributed by atoms with E-state index in [1.165, 1.54) is 11.8 Å². The maximum absolute atomic E-state index is 12.1. The van der Waals surface area contributed by atoms with E-state index in [1.807, 2.05) is 12.1 Å². The summed E-state index contributed by atoms with van der Waals surface area (Å²) >= 11 is 13.2. The van der Waals surface area contributed by atoms with E-state index in [4.69, 9.17) is 16.6 Å². The number of hydrogen-bond donors (Lipinski definition) is 1. The van der Waals surface area contributed by atoms with Gasteiger partial charge in [0.05, 0.1) is 15.7 Å². The van der Waals surface area contributed by atoms with Crippen LogP contribution in [0.2, 0.25) is 0 Å². The average molecular weight is 434 g/mol. The van der Waals surface area contributed by atoms with Crippen molar-refractivity contribution in [1.29, 1.82) is 0 Å². The van der Waals surface area contributed by atoms with Crippen LogP contribution in [0.3, 0.4) is 0 Å². The molecule has 0 aliphatic carbocycles. The smallest absolute Gasteiger partial charge is 0.345 e. The van der Waals surface area contributed by atoms with Crippen molar-refractivity contribution in [2.45, 2.75) is 0 Å². The molecular formula is C12H6Br2N2O2S2. The first-order valence-electron chi connectivity index (χ1n) is 5.47. The molecule has 4 nitrogen and oxygen atoms in total. The minimum Gasteiger partial charge on any atom is -0.421 e. The highest BCUT2D eigenvalue weighted by atomic mass is 79.9. The molecular weight excluding hydrogens is 428 g/mol. The lowest BCUT2D eigenvalue weighted by molar-refractivity contribution is 0.557. The molecule has 0 fully saturated rings. The lowest BCUT2D eigenvalue weighted by atomic mass is 10.1. The summed E-state index contributed by atoms with van der Waals surface area (Å²) in [5.74, 6) is 0.553. The lowest BCUT2D eigenvalue weighted by Gasteiger charge is -2.13. The van der Waals surface area contributed by atoms with Crippen LogP contribution in [0.15, 0.2) is 41.5 Å². The number of hydrazone groups is 1. The number of halogens is 2. The first kappa shape index (κ1) is 14.2. The zero-order valence-electron chi connectivity index (χ0n) is 9.78. The highest BCUT2D eigenvalue weighted by Crippen LogP contribution is 2.28. The van der Waals surface area contributed by atoms with Crippen molar-refractivity contribution in [2.24, 2.45) is 5.10 Å². The quantitative estimate of drug-likeness (QED) is 0.549. The SMILES string of the molecule is O=c1oc2c(Br)cc(Br)cc2cc1C1=NNC(=S)SC1. The zero-order chi connectivity index (χ0) is 14.3. The van der Waals surface area contributed by atoms with Gasteiger partial charge in [0.25, 0.3) is 0 Å². The van der Waals surface area contributed by atoms with Crippen LogP contribution < -0.4 is 11.1 Å². The molecule has 0 bridgehead atoms. The second-order valence-corrected chi connectivity index (χ2v) is 7.42. The van der Waals surface area contributed by atoms with E-state index in [-0.39, 0.29) is 0 Å². The van der Waals surface area contributed by atoms with Crippen LogP contribution in [0, 0.1) is 0 Å². The Hall–Kier alpha value is -0.700. The minimum absolute atomic E-state index is 0.408. The fraction of sp³-hybridized carbons (Fsp3) is 0.0833. The standard InChI is InChI=1S/C12H6Br2N2O2S2/c13-6-1-5-2-7(9-4-20-12(19)16-15-9)11(17)18-10(5)8(14)3-6/h1-3H,4H2,(H,16,19). The number of nitrogens with zero attached hydrogens (tertiary/aromatic N) is 1. The molecule has 102 valence electrons. The molecule has 0 spiro atoms. The molecule has 1 aromatic carbocycles. The molecule has 2 heterocycles. The van der Waals surface area contributed by atoms with Crippen molar-refractivity contribution in [2.75, 3.05) is 5.75 Å².